The molecule has 0 aliphatic carbocycles. The van der Waals surface area contributed by atoms with E-state index in [0.717, 1.165) is 38.9 Å². The van der Waals surface area contributed by atoms with Gasteiger partial charge in [0.05, 0.1) is 6.04 Å². The average molecular weight is 318 g/mol. The second-order valence-corrected chi connectivity index (χ2v) is 7.42. The highest BCUT2D eigenvalue weighted by molar-refractivity contribution is 5.82. The lowest BCUT2D eigenvalue weighted by molar-refractivity contribution is -0.142. The maximum Gasteiger partial charge on any atom is 0.240 e. The third-order valence-corrected chi connectivity index (χ3v) is 5.55. The molecule has 5 nitrogen and oxygen atoms in total. The summed E-state index contributed by atoms with van der Waals surface area (Å²) in [5.74, 6) is 2.24. The molecule has 2 aliphatic rings. The van der Waals surface area contributed by atoms with E-state index in [1.54, 1.807) is 0 Å². The molecule has 2 aliphatic heterocycles. The summed E-state index contributed by atoms with van der Waals surface area (Å²) < 4.78 is 2.12. The number of hydrogen-bond acceptors (Lipinski definition) is 3. The van der Waals surface area contributed by atoms with Gasteiger partial charge in [0.1, 0.15) is 5.82 Å². The molecule has 3 rings (SSSR count). The molecule has 5 heteroatoms. The first-order valence-corrected chi connectivity index (χ1v) is 9.07. The zero-order valence-electron chi connectivity index (χ0n) is 14.7. The monoisotopic (exact) mass is 318 g/mol. The summed E-state index contributed by atoms with van der Waals surface area (Å²) in [6.45, 7) is 7.29. The highest BCUT2D eigenvalue weighted by Gasteiger charge is 2.35. The Labute approximate surface area is 139 Å². The Balaban J connectivity index is 1.54. The van der Waals surface area contributed by atoms with Crippen LogP contribution in [0.3, 0.4) is 0 Å². The van der Waals surface area contributed by atoms with Crippen molar-refractivity contribution in [3.63, 3.8) is 0 Å². The molecule has 23 heavy (non-hydrogen) atoms. The summed E-state index contributed by atoms with van der Waals surface area (Å²) in [6, 6.07) is 0.450. The van der Waals surface area contributed by atoms with E-state index in [4.69, 9.17) is 0 Å². The van der Waals surface area contributed by atoms with Crippen LogP contribution in [0, 0.1) is 5.92 Å². The Kier molecular flexibility index (Phi) is 5.05. The second-order valence-electron chi connectivity index (χ2n) is 7.42. The smallest absolute Gasteiger partial charge is 0.240 e. The Morgan fingerprint density at radius 2 is 1.96 bits per heavy atom. The van der Waals surface area contributed by atoms with Crippen molar-refractivity contribution < 1.29 is 4.79 Å². The van der Waals surface area contributed by atoms with E-state index in [0.29, 0.717) is 17.9 Å². The highest BCUT2D eigenvalue weighted by Crippen LogP contribution is 2.26. The number of imidazole rings is 1. The van der Waals surface area contributed by atoms with Gasteiger partial charge in [-0.1, -0.05) is 0 Å². The molecule has 2 saturated heterocycles. The van der Waals surface area contributed by atoms with Gasteiger partial charge in [0.2, 0.25) is 5.91 Å². The van der Waals surface area contributed by atoms with Gasteiger partial charge in [0.15, 0.2) is 0 Å². The molecule has 1 aromatic rings. The van der Waals surface area contributed by atoms with Crippen LogP contribution in [0.1, 0.15) is 45.4 Å². The molecule has 0 saturated carbocycles. The fraction of sp³-hybridized carbons (Fsp3) is 0.778. The van der Waals surface area contributed by atoms with Crippen LogP contribution in [0.2, 0.25) is 0 Å². The Morgan fingerprint density at radius 3 is 2.57 bits per heavy atom. The van der Waals surface area contributed by atoms with Crippen LogP contribution in [0.4, 0.5) is 0 Å². The van der Waals surface area contributed by atoms with E-state index in [-0.39, 0.29) is 6.04 Å². The largest absolute Gasteiger partial charge is 0.339 e. The molecule has 128 valence electrons. The van der Waals surface area contributed by atoms with E-state index >= 15 is 0 Å². The molecular weight excluding hydrogens is 288 g/mol. The molecule has 0 radical (unpaired) electrons. The fourth-order valence-electron chi connectivity index (χ4n) is 4.05. The summed E-state index contributed by atoms with van der Waals surface area (Å²) >= 11 is 0. The second kappa shape index (κ2) is 7.04. The van der Waals surface area contributed by atoms with Crippen molar-refractivity contribution in [1.82, 2.24) is 19.4 Å². The van der Waals surface area contributed by atoms with Gasteiger partial charge < -0.3 is 9.47 Å². The molecule has 0 unspecified atom stereocenters. The standard InChI is InChI=1S/C18H30N4O/c1-14(2)22-9-4-5-16(18(22)23)21-10-6-15(7-11-21)13-17-19-8-12-20(17)3/h8,12,14-16H,4-7,9-11,13H2,1-3H3/t16-/m0/s1. The lowest BCUT2D eigenvalue weighted by Crippen LogP contribution is -2.55. The van der Waals surface area contributed by atoms with Gasteiger partial charge in [-0.15, -0.1) is 0 Å². The number of aryl methyl sites for hydroxylation is 1. The molecule has 0 spiro atoms. The van der Waals surface area contributed by atoms with Crippen molar-refractivity contribution in [2.45, 2.75) is 58.0 Å². The summed E-state index contributed by atoms with van der Waals surface area (Å²) in [4.78, 5) is 21.7. The van der Waals surface area contributed by atoms with Crippen LogP contribution in [0.5, 0.6) is 0 Å². The van der Waals surface area contributed by atoms with Gasteiger partial charge in [0, 0.05) is 38.4 Å². The minimum atomic E-state index is 0.125. The molecule has 0 aromatic carbocycles. The average Bonchev–Trinajstić information content (AvgIpc) is 2.93. The number of carbonyl (C=O) groups is 1. The van der Waals surface area contributed by atoms with Crippen LogP contribution in [0.15, 0.2) is 12.4 Å². The van der Waals surface area contributed by atoms with Crippen molar-refractivity contribution in [1.29, 1.82) is 0 Å². The SMILES string of the molecule is CC(C)N1CCC[C@H](N2CCC(Cc3nccn3C)CC2)C1=O. The number of carbonyl (C=O) groups excluding carboxylic acids is 1. The third kappa shape index (κ3) is 3.60. The lowest BCUT2D eigenvalue weighted by atomic mass is 9.91. The quantitative estimate of drug-likeness (QED) is 0.853. The van der Waals surface area contributed by atoms with E-state index in [1.807, 2.05) is 12.4 Å². The normalized spacial score (nSPS) is 24.6. The molecular formula is C18H30N4O. The minimum absolute atomic E-state index is 0.125. The molecule has 1 atom stereocenters. The number of rotatable bonds is 4. The van der Waals surface area contributed by atoms with Crippen molar-refractivity contribution in [3.8, 4) is 0 Å². The topological polar surface area (TPSA) is 41.4 Å². The van der Waals surface area contributed by atoms with Crippen LogP contribution in [-0.4, -0.2) is 57.0 Å². The first-order valence-electron chi connectivity index (χ1n) is 9.07. The van der Waals surface area contributed by atoms with E-state index in [1.165, 1.54) is 18.7 Å². The lowest BCUT2D eigenvalue weighted by Gasteiger charge is -2.42. The van der Waals surface area contributed by atoms with E-state index in [9.17, 15) is 4.79 Å². The predicted molar refractivity (Wildman–Crippen MR) is 91.1 cm³/mol. The summed E-state index contributed by atoms with van der Waals surface area (Å²) in [7, 11) is 2.07. The zero-order valence-corrected chi connectivity index (χ0v) is 14.7. The molecule has 0 bridgehead atoms. The van der Waals surface area contributed by atoms with Gasteiger partial charge >= 0.3 is 0 Å². The maximum absolute atomic E-state index is 12.7. The van der Waals surface area contributed by atoms with E-state index < -0.39 is 0 Å². The zero-order chi connectivity index (χ0) is 16.4. The van der Waals surface area contributed by atoms with Crippen molar-refractivity contribution in [2.24, 2.45) is 13.0 Å². The molecule has 1 aromatic heterocycles. The Hall–Kier alpha value is -1.36. The van der Waals surface area contributed by atoms with Crippen LogP contribution >= 0.6 is 0 Å². The number of nitrogens with zero attached hydrogens (tertiary/aromatic N) is 4. The van der Waals surface area contributed by atoms with Crippen LogP contribution in [0.25, 0.3) is 0 Å². The predicted octanol–water partition coefficient (Wildman–Crippen LogP) is 2.07. The molecule has 3 heterocycles. The molecule has 0 N–H and O–H groups in total. The van der Waals surface area contributed by atoms with Crippen molar-refractivity contribution in [3.05, 3.63) is 18.2 Å². The minimum Gasteiger partial charge on any atom is -0.339 e. The van der Waals surface area contributed by atoms with Crippen molar-refractivity contribution in [2.75, 3.05) is 19.6 Å². The Bertz CT molecular complexity index is 531. The molecule has 2 fully saturated rings. The van der Waals surface area contributed by atoms with Gasteiger partial charge in [0.25, 0.3) is 0 Å². The van der Waals surface area contributed by atoms with Crippen LogP contribution < -0.4 is 0 Å². The molecule has 1 amide bonds. The van der Waals surface area contributed by atoms with Crippen molar-refractivity contribution >= 4 is 5.91 Å². The van der Waals surface area contributed by atoms with Gasteiger partial charge in [-0.2, -0.15) is 0 Å². The maximum atomic E-state index is 12.7. The number of hydrogen-bond donors (Lipinski definition) is 0. The van der Waals surface area contributed by atoms with Gasteiger partial charge in [-0.3, -0.25) is 9.69 Å². The summed E-state index contributed by atoms with van der Waals surface area (Å²) in [5.41, 5.74) is 0. The third-order valence-electron chi connectivity index (χ3n) is 5.55. The summed E-state index contributed by atoms with van der Waals surface area (Å²) in [5, 5.41) is 0. The number of likely N-dealkylation sites (tertiary alicyclic amines) is 2. The van der Waals surface area contributed by atoms with Gasteiger partial charge in [-0.25, -0.2) is 4.98 Å². The number of piperidine rings is 2. The number of amides is 1. The first-order chi connectivity index (χ1) is 11.1. The van der Waals surface area contributed by atoms with E-state index in [2.05, 4.69) is 40.2 Å². The summed E-state index contributed by atoms with van der Waals surface area (Å²) in [6.07, 6.45) is 9.50. The fourth-order valence-corrected chi connectivity index (χ4v) is 4.05. The van der Waals surface area contributed by atoms with Crippen LogP contribution in [-0.2, 0) is 18.3 Å². The Morgan fingerprint density at radius 1 is 1.22 bits per heavy atom. The van der Waals surface area contributed by atoms with Gasteiger partial charge in [-0.05, 0) is 58.5 Å². The highest BCUT2D eigenvalue weighted by atomic mass is 16.2. The first kappa shape index (κ1) is 16.5. The number of aromatic nitrogens is 2.